The smallest absolute Gasteiger partial charge is 0.334 e. The molecular formula is C16H21F2N5O3. The van der Waals surface area contributed by atoms with Gasteiger partial charge in [0.05, 0.1) is 31.0 Å². The average Bonchev–Trinajstić information content (AvgIpc) is 3.10. The first kappa shape index (κ1) is 18.5. The summed E-state index contributed by atoms with van der Waals surface area (Å²) in [5, 5.41) is 12.9. The SMILES string of the molecule is COCC1=C(C(=O)O)CN(Cc2cnc(N3CCC(F)(F)C3)nc2)N1C. The van der Waals surface area contributed by atoms with Crippen LogP contribution >= 0.6 is 0 Å². The van der Waals surface area contributed by atoms with Crippen molar-refractivity contribution in [1.82, 2.24) is 20.0 Å². The van der Waals surface area contributed by atoms with Gasteiger partial charge in [0, 0.05) is 51.6 Å². The highest BCUT2D eigenvalue weighted by Gasteiger charge is 2.39. The topological polar surface area (TPSA) is 82.0 Å². The van der Waals surface area contributed by atoms with Crippen LogP contribution in [0.2, 0.25) is 0 Å². The van der Waals surface area contributed by atoms with Crippen LogP contribution in [0.15, 0.2) is 23.7 Å². The van der Waals surface area contributed by atoms with Crippen molar-refractivity contribution in [2.75, 3.05) is 45.3 Å². The normalized spacial score (nSPS) is 20.3. The number of likely N-dealkylation sites (N-methyl/N-ethyl adjacent to an activating group) is 1. The van der Waals surface area contributed by atoms with E-state index in [0.29, 0.717) is 12.2 Å². The number of aliphatic carboxylic acids is 1. The molecule has 0 atom stereocenters. The molecule has 142 valence electrons. The minimum absolute atomic E-state index is 0.192. The number of hydrazine groups is 1. The molecular weight excluding hydrogens is 348 g/mol. The molecule has 2 aliphatic heterocycles. The summed E-state index contributed by atoms with van der Waals surface area (Å²) in [5.74, 6) is -3.39. The Labute approximate surface area is 149 Å². The van der Waals surface area contributed by atoms with Gasteiger partial charge in [-0.2, -0.15) is 0 Å². The van der Waals surface area contributed by atoms with E-state index in [-0.39, 0.29) is 44.2 Å². The Kier molecular flexibility index (Phi) is 5.05. The Morgan fingerprint density at radius 1 is 1.38 bits per heavy atom. The Bertz CT molecular complexity index is 710. The van der Waals surface area contributed by atoms with Gasteiger partial charge in [0.25, 0.3) is 5.92 Å². The maximum atomic E-state index is 13.3. The third-order valence-corrected chi connectivity index (χ3v) is 4.55. The van der Waals surface area contributed by atoms with E-state index in [2.05, 4.69) is 9.97 Å². The van der Waals surface area contributed by atoms with E-state index in [1.165, 1.54) is 12.0 Å². The van der Waals surface area contributed by atoms with Gasteiger partial charge >= 0.3 is 5.97 Å². The highest BCUT2D eigenvalue weighted by atomic mass is 19.3. The van der Waals surface area contributed by atoms with Crippen molar-refractivity contribution in [3.63, 3.8) is 0 Å². The number of aromatic nitrogens is 2. The number of hydrogen-bond donors (Lipinski definition) is 1. The average molecular weight is 369 g/mol. The van der Waals surface area contributed by atoms with Gasteiger partial charge in [0.1, 0.15) is 0 Å². The largest absolute Gasteiger partial charge is 0.478 e. The molecule has 0 saturated carbocycles. The lowest BCUT2D eigenvalue weighted by Gasteiger charge is -2.28. The summed E-state index contributed by atoms with van der Waals surface area (Å²) in [6.07, 6.45) is 2.98. The van der Waals surface area contributed by atoms with Crippen LogP contribution in [0.1, 0.15) is 12.0 Å². The van der Waals surface area contributed by atoms with Crippen molar-refractivity contribution in [1.29, 1.82) is 0 Å². The minimum Gasteiger partial charge on any atom is -0.478 e. The number of nitrogens with zero attached hydrogens (tertiary/aromatic N) is 5. The summed E-state index contributed by atoms with van der Waals surface area (Å²) in [4.78, 5) is 21.3. The highest BCUT2D eigenvalue weighted by molar-refractivity contribution is 5.88. The maximum absolute atomic E-state index is 13.3. The maximum Gasteiger partial charge on any atom is 0.334 e. The van der Waals surface area contributed by atoms with Gasteiger partial charge in [-0.25, -0.2) is 28.6 Å². The first-order valence-electron chi connectivity index (χ1n) is 8.17. The molecule has 2 aliphatic rings. The van der Waals surface area contributed by atoms with Crippen LogP contribution in [-0.2, 0) is 16.1 Å². The molecule has 0 radical (unpaired) electrons. The molecule has 0 spiro atoms. The van der Waals surface area contributed by atoms with E-state index in [0.717, 1.165) is 5.56 Å². The fraction of sp³-hybridized carbons (Fsp3) is 0.562. The number of anilines is 1. The predicted octanol–water partition coefficient (Wildman–Crippen LogP) is 0.969. The number of methoxy groups -OCH3 is 1. The van der Waals surface area contributed by atoms with Crippen LogP contribution in [-0.4, -0.2) is 77.4 Å². The molecule has 1 aromatic rings. The fourth-order valence-electron chi connectivity index (χ4n) is 3.13. The lowest BCUT2D eigenvalue weighted by atomic mass is 10.2. The van der Waals surface area contributed by atoms with Crippen molar-refractivity contribution in [3.05, 3.63) is 29.2 Å². The third-order valence-electron chi connectivity index (χ3n) is 4.55. The summed E-state index contributed by atoms with van der Waals surface area (Å²) in [5.41, 5.74) is 1.64. The van der Waals surface area contributed by atoms with Crippen LogP contribution in [0.4, 0.5) is 14.7 Å². The second-order valence-electron chi connectivity index (χ2n) is 6.43. The van der Waals surface area contributed by atoms with E-state index in [1.54, 1.807) is 24.5 Å². The first-order valence-corrected chi connectivity index (χ1v) is 8.17. The van der Waals surface area contributed by atoms with Gasteiger partial charge in [0.15, 0.2) is 0 Å². The molecule has 1 N–H and O–H groups in total. The van der Waals surface area contributed by atoms with E-state index in [9.17, 15) is 18.7 Å². The van der Waals surface area contributed by atoms with E-state index < -0.39 is 11.9 Å². The minimum atomic E-state index is -2.70. The number of carbonyl (C=O) groups is 1. The molecule has 0 unspecified atom stereocenters. The highest BCUT2D eigenvalue weighted by Crippen LogP contribution is 2.29. The number of alkyl halides is 2. The number of carboxylic acids is 1. The Hall–Kier alpha value is -2.33. The lowest BCUT2D eigenvalue weighted by Crippen LogP contribution is -2.35. The van der Waals surface area contributed by atoms with Crippen LogP contribution < -0.4 is 4.90 Å². The zero-order valence-electron chi connectivity index (χ0n) is 14.7. The standard InChI is InChI=1S/C16H21F2N5O3/c1-21-13(9-26-2)12(14(24)25)8-23(21)7-11-5-19-15(20-6-11)22-4-3-16(17,18)10-22/h5-6H,3-4,7-10H2,1-2H3,(H,24,25). The molecule has 10 heteroatoms. The van der Waals surface area contributed by atoms with Crippen LogP contribution in [0.25, 0.3) is 0 Å². The van der Waals surface area contributed by atoms with Gasteiger partial charge in [-0.15, -0.1) is 0 Å². The summed E-state index contributed by atoms with van der Waals surface area (Å²) in [6.45, 7) is 0.704. The quantitative estimate of drug-likeness (QED) is 0.794. The fourth-order valence-corrected chi connectivity index (χ4v) is 3.13. The molecule has 0 bridgehead atoms. The summed E-state index contributed by atoms with van der Waals surface area (Å²) in [7, 11) is 3.28. The molecule has 0 aromatic carbocycles. The van der Waals surface area contributed by atoms with Crippen molar-refractivity contribution in [2.45, 2.75) is 18.9 Å². The summed E-state index contributed by atoms with van der Waals surface area (Å²) in [6, 6.07) is 0. The predicted molar refractivity (Wildman–Crippen MR) is 88.5 cm³/mol. The second-order valence-corrected chi connectivity index (χ2v) is 6.43. The van der Waals surface area contributed by atoms with E-state index >= 15 is 0 Å². The second kappa shape index (κ2) is 7.12. The Morgan fingerprint density at radius 3 is 2.62 bits per heavy atom. The number of halogens is 2. The number of carboxylic acid groups (broad SMARTS) is 1. The molecule has 1 fully saturated rings. The van der Waals surface area contributed by atoms with Crippen molar-refractivity contribution < 1.29 is 23.4 Å². The van der Waals surface area contributed by atoms with Gasteiger partial charge in [-0.3, -0.25) is 0 Å². The summed E-state index contributed by atoms with van der Waals surface area (Å²) < 4.78 is 31.7. The Morgan fingerprint density at radius 2 is 2.08 bits per heavy atom. The first-order chi connectivity index (χ1) is 12.3. The van der Waals surface area contributed by atoms with Crippen LogP contribution in [0.5, 0.6) is 0 Å². The molecule has 3 heterocycles. The Balaban J connectivity index is 1.66. The molecule has 3 rings (SSSR count). The molecule has 0 amide bonds. The van der Waals surface area contributed by atoms with Crippen molar-refractivity contribution in [2.24, 2.45) is 0 Å². The van der Waals surface area contributed by atoms with E-state index in [1.807, 2.05) is 5.01 Å². The van der Waals surface area contributed by atoms with Gasteiger partial charge in [-0.1, -0.05) is 0 Å². The number of rotatable bonds is 6. The zero-order valence-corrected chi connectivity index (χ0v) is 14.7. The van der Waals surface area contributed by atoms with Crippen molar-refractivity contribution in [3.8, 4) is 0 Å². The number of hydrogen-bond acceptors (Lipinski definition) is 7. The van der Waals surface area contributed by atoms with Gasteiger partial charge < -0.3 is 19.8 Å². The van der Waals surface area contributed by atoms with E-state index in [4.69, 9.17) is 4.74 Å². The molecule has 26 heavy (non-hydrogen) atoms. The van der Waals surface area contributed by atoms with Crippen molar-refractivity contribution >= 4 is 11.9 Å². The van der Waals surface area contributed by atoms with Crippen LogP contribution in [0.3, 0.4) is 0 Å². The lowest BCUT2D eigenvalue weighted by molar-refractivity contribution is -0.132. The molecule has 1 saturated heterocycles. The molecule has 0 aliphatic carbocycles. The van der Waals surface area contributed by atoms with Crippen LogP contribution in [0, 0.1) is 0 Å². The molecule has 1 aromatic heterocycles. The van der Waals surface area contributed by atoms with Gasteiger partial charge in [-0.05, 0) is 0 Å². The zero-order chi connectivity index (χ0) is 18.9. The van der Waals surface area contributed by atoms with Gasteiger partial charge in [0.2, 0.25) is 5.95 Å². The summed E-state index contributed by atoms with van der Waals surface area (Å²) >= 11 is 0. The monoisotopic (exact) mass is 369 g/mol. The number of ether oxygens (including phenoxy) is 1. The third kappa shape index (κ3) is 3.75. The molecule has 8 nitrogen and oxygen atoms in total.